The zero-order chi connectivity index (χ0) is 15.1. The van der Waals surface area contributed by atoms with Crippen LogP contribution in [-0.2, 0) is 0 Å². The molecule has 1 heterocycles. The van der Waals surface area contributed by atoms with E-state index in [1.54, 1.807) is 0 Å². The van der Waals surface area contributed by atoms with Crippen molar-refractivity contribution >= 4 is 0 Å². The minimum atomic E-state index is 0.104. The van der Waals surface area contributed by atoms with Crippen molar-refractivity contribution in [2.45, 2.75) is 86.2 Å². The van der Waals surface area contributed by atoms with Gasteiger partial charge in [0.15, 0.2) is 0 Å². The van der Waals surface area contributed by atoms with E-state index in [9.17, 15) is 0 Å². The van der Waals surface area contributed by atoms with Gasteiger partial charge in [-0.05, 0) is 51.4 Å². The lowest BCUT2D eigenvalue weighted by atomic mass is 9.81. The second-order valence-corrected chi connectivity index (χ2v) is 9.40. The van der Waals surface area contributed by atoms with Gasteiger partial charge in [0.25, 0.3) is 0 Å². The van der Waals surface area contributed by atoms with E-state index in [2.05, 4.69) is 85.0 Å². The Morgan fingerprint density at radius 1 is 1.05 bits per heavy atom. The summed E-state index contributed by atoms with van der Waals surface area (Å²) in [5.41, 5.74) is 4.50. The minimum Gasteiger partial charge on any atom is -0.310 e. The average Bonchev–Trinajstić information content (AvgIpc) is 2.15. The van der Waals surface area contributed by atoms with E-state index < -0.39 is 0 Å². The molecule has 0 saturated heterocycles. The van der Waals surface area contributed by atoms with E-state index in [0.717, 1.165) is 12.8 Å². The Kier molecular flexibility index (Phi) is 4.18. The monoisotopic (exact) mass is 266 g/mol. The van der Waals surface area contributed by atoms with Crippen LogP contribution >= 0.6 is 0 Å². The molecule has 0 atom stereocenters. The zero-order valence-electron chi connectivity index (χ0n) is 14.5. The van der Waals surface area contributed by atoms with Gasteiger partial charge in [0.2, 0.25) is 0 Å². The fraction of sp³-hybridized carbons (Fsp3) is 0.882. The molecule has 1 aliphatic heterocycles. The van der Waals surface area contributed by atoms with E-state index in [0.29, 0.717) is 5.41 Å². The van der Waals surface area contributed by atoms with E-state index in [4.69, 9.17) is 0 Å². The van der Waals surface area contributed by atoms with Crippen molar-refractivity contribution in [1.29, 1.82) is 0 Å². The van der Waals surface area contributed by atoms with Crippen molar-refractivity contribution in [3.8, 4) is 0 Å². The Hall–Kier alpha value is -0.500. The van der Waals surface area contributed by atoms with Crippen molar-refractivity contribution in [2.24, 2.45) is 10.8 Å². The smallest absolute Gasteiger partial charge is 0.0505 e. The first-order valence-corrected chi connectivity index (χ1v) is 7.49. The number of nitrogens with one attached hydrogen (secondary N) is 1. The van der Waals surface area contributed by atoms with Gasteiger partial charge in [-0.2, -0.15) is 0 Å². The average molecular weight is 266 g/mol. The Balaban J connectivity index is 2.99. The lowest BCUT2D eigenvalue weighted by Gasteiger charge is -2.45. The molecule has 0 spiro atoms. The maximum absolute atomic E-state index is 3.72. The van der Waals surface area contributed by atoms with E-state index in [1.165, 1.54) is 0 Å². The quantitative estimate of drug-likeness (QED) is 0.777. The SMILES string of the molecule is CC(C)(C)CC(C)(C)N1C=CC(C)(C)CC(C)(C)N1. The van der Waals surface area contributed by atoms with Gasteiger partial charge in [-0.1, -0.05) is 40.7 Å². The molecule has 0 fully saturated rings. The molecule has 0 aliphatic carbocycles. The molecule has 0 aromatic carbocycles. The molecule has 1 rings (SSSR count). The Bertz CT molecular complexity index is 343. The van der Waals surface area contributed by atoms with Crippen molar-refractivity contribution in [3.63, 3.8) is 0 Å². The van der Waals surface area contributed by atoms with E-state index in [1.807, 2.05) is 0 Å². The van der Waals surface area contributed by atoms with Crippen LogP contribution in [0.25, 0.3) is 0 Å². The van der Waals surface area contributed by atoms with E-state index >= 15 is 0 Å². The van der Waals surface area contributed by atoms with Gasteiger partial charge < -0.3 is 5.01 Å². The third-order valence-corrected chi connectivity index (χ3v) is 3.61. The zero-order valence-corrected chi connectivity index (χ0v) is 14.5. The van der Waals surface area contributed by atoms with Gasteiger partial charge in [-0.25, -0.2) is 5.43 Å². The number of hydrogen-bond donors (Lipinski definition) is 1. The summed E-state index contributed by atoms with van der Waals surface area (Å²) in [5, 5.41) is 2.33. The van der Waals surface area contributed by atoms with Crippen LogP contribution in [-0.4, -0.2) is 16.1 Å². The summed E-state index contributed by atoms with van der Waals surface area (Å²) < 4.78 is 0. The highest BCUT2D eigenvalue weighted by Crippen LogP contribution is 2.36. The highest BCUT2D eigenvalue weighted by Gasteiger charge is 2.37. The van der Waals surface area contributed by atoms with Crippen molar-refractivity contribution in [3.05, 3.63) is 12.3 Å². The second-order valence-electron chi connectivity index (χ2n) is 9.40. The third-order valence-electron chi connectivity index (χ3n) is 3.61. The summed E-state index contributed by atoms with van der Waals surface area (Å²) in [5.74, 6) is 0. The Labute approximate surface area is 120 Å². The fourth-order valence-corrected chi connectivity index (χ4v) is 3.61. The topological polar surface area (TPSA) is 15.3 Å². The standard InChI is InChI=1S/C17H34N2/c1-14(2,3)12-17(8,9)19-11-10-15(4,5)13-16(6,7)18-19/h10-11,18H,12-13H2,1-9H3. The van der Waals surface area contributed by atoms with Gasteiger partial charge in [0.05, 0.1) is 5.54 Å². The number of hydrazine groups is 1. The summed E-state index contributed by atoms with van der Waals surface area (Å²) in [6.45, 7) is 20.8. The highest BCUT2D eigenvalue weighted by atomic mass is 15.5. The predicted octanol–water partition coefficient (Wildman–Crippen LogP) is 4.73. The first kappa shape index (κ1) is 16.6. The summed E-state index contributed by atoms with van der Waals surface area (Å²) in [4.78, 5) is 0. The highest BCUT2D eigenvalue weighted by molar-refractivity contribution is 5.05. The van der Waals surface area contributed by atoms with Gasteiger partial charge in [-0.3, -0.25) is 0 Å². The predicted molar refractivity (Wildman–Crippen MR) is 84.7 cm³/mol. The van der Waals surface area contributed by atoms with E-state index in [-0.39, 0.29) is 16.5 Å². The van der Waals surface area contributed by atoms with Crippen LogP contribution < -0.4 is 5.43 Å². The van der Waals surface area contributed by atoms with Gasteiger partial charge in [0, 0.05) is 11.7 Å². The lowest BCUT2D eigenvalue weighted by molar-refractivity contribution is 0.0393. The maximum atomic E-state index is 3.72. The fourth-order valence-electron chi connectivity index (χ4n) is 3.61. The molecule has 0 radical (unpaired) electrons. The molecule has 0 aromatic heterocycles. The number of hydrogen-bond acceptors (Lipinski definition) is 2. The molecular formula is C17H34N2. The number of rotatable bonds is 2. The molecule has 0 unspecified atom stereocenters. The van der Waals surface area contributed by atoms with Gasteiger partial charge in [0.1, 0.15) is 0 Å². The molecule has 0 bridgehead atoms. The molecule has 2 heteroatoms. The van der Waals surface area contributed by atoms with Crippen LogP contribution in [0.5, 0.6) is 0 Å². The van der Waals surface area contributed by atoms with Crippen LogP contribution in [0.3, 0.4) is 0 Å². The molecule has 0 saturated carbocycles. The largest absolute Gasteiger partial charge is 0.310 e. The van der Waals surface area contributed by atoms with Crippen molar-refractivity contribution in [2.75, 3.05) is 0 Å². The molecule has 112 valence electrons. The minimum absolute atomic E-state index is 0.104. The summed E-state index contributed by atoms with van der Waals surface area (Å²) in [7, 11) is 0. The number of nitrogens with zero attached hydrogens (tertiary/aromatic N) is 1. The van der Waals surface area contributed by atoms with Gasteiger partial charge >= 0.3 is 0 Å². The molecule has 1 aliphatic rings. The summed E-state index contributed by atoms with van der Waals surface area (Å²) in [6, 6.07) is 0. The molecule has 0 amide bonds. The third kappa shape index (κ3) is 5.18. The normalized spacial score (nSPS) is 23.3. The maximum Gasteiger partial charge on any atom is 0.0505 e. The summed E-state index contributed by atoms with van der Waals surface area (Å²) >= 11 is 0. The number of allylic oxidation sites excluding steroid dienone is 1. The van der Waals surface area contributed by atoms with Crippen molar-refractivity contribution < 1.29 is 0 Å². The molecule has 1 N–H and O–H groups in total. The van der Waals surface area contributed by atoms with Gasteiger partial charge in [-0.15, -0.1) is 0 Å². The molecule has 0 aromatic rings. The van der Waals surface area contributed by atoms with Crippen LogP contribution in [0.15, 0.2) is 12.3 Å². The molecule has 2 nitrogen and oxygen atoms in total. The van der Waals surface area contributed by atoms with Crippen LogP contribution in [0.2, 0.25) is 0 Å². The Morgan fingerprint density at radius 3 is 2.05 bits per heavy atom. The summed E-state index contributed by atoms with van der Waals surface area (Å²) in [6.07, 6.45) is 6.88. The molecule has 19 heavy (non-hydrogen) atoms. The van der Waals surface area contributed by atoms with Crippen molar-refractivity contribution in [1.82, 2.24) is 10.4 Å². The first-order valence-electron chi connectivity index (χ1n) is 7.49. The molecular weight excluding hydrogens is 232 g/mol. The van der Waals surface area contributed by atoms with Crippen LogP contribution in [0.4, 0.5) is 0 Å². The Morgan fingerprint density at radius 2 is 1.58 bits per heavy atom. The first-order chi connectivity index (χ1) is 8.23. The van der Waals surface area contributed by atoms with Crippen LogP contribution in [0.1, 0.15) is 75.2 Å². The second kappa shape index (κ2) is 4.80. The lowest BCUT2D eigenvalue weighted by Crippen LogP contribution is -2.57. The van der Waals surface area contributed by atoms with Crippen LogP contribution in [0, 0.1) is 10.8 Å².